The largest absolute Gasteiger partial charge is 0.438 e. The molecular weight excluding hydrogens is 284 g/mol. The van der Waals surface area contributed by atoms with Crippen LogP contribution in [0.15, 0.2) is 30.6 Å². The number of hydrogen-bond acceptors (Lipinski definition) is 5. The molecule has 0 unspecified atom stereocenters. The summed E-state index contributed by atoms with van der Waals surface area (Å²) in [4.78, 5) is 10.8. The standard InChI is InChI=1S/C16H16N2O2S/c1-10-11(2)21-16-14(10)15(17-9-18-16)20-13-5-3-12(4-6-13)7-8-19/h3-6,9,19H,7-8H2,1-2H3. The molecule has 0 aliphatic carbocycles. The van der Waals surface area contributed by atoms with E-state index in [1.54, 1.807) is 11.3 Å². The monoisotopic (exact) mass is 300 g/mol. The zero-order chi connectivity index (χ0) is 14.8. The summed E-state index contributed by atoms with van der Waals surface area (Å²) in [6.07, 6.45) is 2.19. The second-order valence-electron chi connectivity index (χ2n) is 4.86. The fourth-order valence-electron chi connectivity index (χ4n) is 2.19. The van der Waals surface area contributed by atoms with Crippen molar-refractivity contribution in [2.75, 3.05) is 6.61 Å². The van der Waals surface area contributed by atoms with Gasteiger partial charge < -0.3 is 9.84 Å². The van der Waals surface area contributed by atoms with Crippen LogP contribution >= 0.6 is 11.3 Å². The van der Waals surface area contributed by atoms with E-state index in [0.717, 1.165) is 21.5 Å². The predicted molar refractivity (Wildman–Crippen MR) is 84.2 cm³/mol. The van der Waals surface area contributed by atoms with Crippen molar-refractivity contribution < 1.29 is 9.84 Å². The quantitative estimate of drug-likeness (QED) is 0.799. The highest BCUT2D eigenvalue weighted by Gasteiger charge is 2.13. The summed E-state index contributed by atoms with van der Waals surface area (Å²) in [5.41, 5.74) is 2.25. The maximum Gasteiger partial charge on any atom is 0.231 e. The third-order valence-corrected chi connectivity index (χ3v) is 4.58. The summed E-state index contributed by atoms with van der Waals surface area (Å²) in [5.74, 6) is 1.33. The van der Waals surface area contributed by atoms with Crippen LogP contribution in [0.5, 0.6) is 11.6 Å². The molecule has 108 valence electrons. The van der Waals surface area contributed by atoms with Crippen molar-refractivity contribution in [1.29, 1.82) is 0 Å². The lowest BCUT2D eigenvalue weighted by molar-refractivity contribution is 0.299. The first-order chi connectivity index (χ1) is 10.2. The van der Waals surface area contributed by atoms with Crippen molar-refractivity contribution in [2.45, 2.75) is 20.3 Å². The molecule has 0 amide bonds. The molecule has 5 heteroatoms. The Morgan fingerprint density at radius 2 is 1.90 bits per heavy atom. The van der Waals surface area contributed by atoms with Gasteiger partial charge in [0, 0.05) is 11.5 Å². The fourth-order valence-corrected chi connectivity index (χ4v) is 3.18. The average Bonchev–Trinajstić information content (AvgIpc) is 2.78. The van der Waals surface area contributed by atoms with Crippen LogP contribution < -0.4 is 4.74 Å². The van der Waals surface area contributed by atoms with Crippen LogP contribution in [0.3, 0.4) is 0 Å². The van der Waals surface area contributed by atoms with Crippen molar-refractivity contribution in [2.24, 2.45) is 0 Å². The van der Waals surface area contributed by atoms with Gasteiger partial charge in [-0.2, -0.15) is 0 Å². The van der Waals surface area contributed by atoms with Crippen molar-refractivity contribution in [3.05, 3.63) is 46.6 Å². The summed E-state index contributed by atoms with van der Waals surface area (Å²) in [6.45, 7) is 4.30. The van der Waals surface area contributed by atoms with Crippen molar-refractivity contribution in [3.63, 3.8) is 0 Å². The Balaban J connectivity index is 1.94. The van der Waals surface area contributed by atoms with Gasteiger partial charge in [0.05, 0.1) is 5.39 Å². The molecule has 1 N–H and O–H groups in total. The molecule has 21 heavy (non-hydrogen) atoms. The number of aryl methyl sites for hydroxylation is 2. The molecule has 2 aromatic heterocycles. The van der Waals surface area contributed by atoms with Crippen LogP contribution in [0, 0.1) is 13.8 Å². The molecule has 0 aliphatic heterocycles. The van der Waals surface area contributed by atoms with E-state index in [9.17, 15) is 0 Å². The second-order valence-corrected chi connectivity index (χ2v) is 6.07. The van der Waals surface area contributed by atoms with Gasteiger partial charge in [-0.15, -0.1) is 11.3 Å². The first-order valence-electron chi connectivity index (χ1n) is 6.77. The number of thiophene rings is 1. The third-order valence-electron chi connectivity index (χ3n) is 3.47. The number of aliphatic hydroxyl groups is 1. The molecule has 1 aromatic carbocycles. The highest BCUT2D eigenvalue weighted by Crippen LogP contribution is 2.35. The van der Waals surface area contributed by atoms with E-state index < -0.39 is 0 Å². The van der Waals surface area contributed by atoms with Gasteiger partial charge in [-0.1, -0.05) is 12.1 Å². The number of ether oxygens (including phenoxy) is 1. The summed E-state index contributed by atoms with van der Waals surface area (Å²) in [5, 5.41) is 9.91. The minimum absolute atomic E-state index is 0.153. The normalized spacial score (nSPS) is 11.0. The zero-order valence-electron chi connectivity index (χ0n) is 12.0. The Morgan fingerprint density at radius 1 is 1.14 bits per heavy atom. The minimum Gasteiger partial charge on any atom is -0.438 e. The SMILES string of the molecule is Cc1sc2ncnc(Oc3ccc(CCO)cc3)c2c1C. The van der Waals surface area contributed by atoms with Crippen molar-refractivity contribution in [1.82, 2.24) is 9.97 Å². The molecule has 0 aliphatic rings. The van der Waals surface area contributed by atoms with Crippen LogP contribution in [-0.4, -0.2) is 21.7 Å². The minimum atomic E-state index is 0.153. The Morgan fingerprint density at radius 3 is 2.62 bits per heavy atom. The van der Waals surface area contributed by atoms with Gasteiger partial charge in [0.15, 0.2) is 0 Å². The number of benzene rings is 1. The molecule has 0 fully saturated rings. The van der Waals surface area contributed by atoms with E-state index in [-0.39, 0.29) is 6.61 Å². The Hall–Kier alpha value is -1.98. The van der Waals surface area contributed by atoms with Gasteiger partial charge in [0.25, 0.3) is 0 Å². The highest BCUT2D eigenvalue weighted by molar-refractivity contribution is 7.18. The van der Waals surface area contributed by atoms with Crippen LogP contribution in [0.1, 0.15) is 16.0 Å². The van der Waals surface area contributed by atoms with Crippen LogP contribution in [0.25, 0.3) is 10.2 Å². The fraction of sp³-hybridized carbons (Fsp3) is 0.250. The Bertz CT molecular complexity index is 766. The van der Waals surface area contributed by atoms with Gasteiger partial charge in [-0.25, -0.2) is 9.97 Å². The van der Waals surface area contributed by atoms with E-state index in [1.165, 1.54) is 16.8 Å². The maximum atomic E-state index is 8.93. The van der Waals surface area contributed by atoms with E-state index >= 15 is 0 Å². The molecule has 0 atom stereocenters. The van der Waals surface area contributed by atoms with Gasteiger partial charge >= 0.3 is 0 Å². The number of fused-ring (bicyclic) bond motifs is 1. The molecule has 0 radical (unpaired) electrons. The summed E-state index contributed by atoms with van der Waals surface area (Å²) >= 11 is 1.65. The van der Waals surface area contributed by atoms with Gasteiger partial charge in [-0.3, -0.25) is 0 Å². The van der Waals surface area contributed by atoms with Gasteiger partial charge in [0.2, 0.25) is 5.88 Å². The Labute approximate surface area is 127 Å². The molecule has 2 heterocycles. The van der Waals surface area contributed by atoms with Crippen molar-refractivity contribution >= 4 is 21.6 Å². The topological polar surface area (TPSA) is 55.2 Å². The van der Waals surface area contributed by atoms with Gasteiger partial charge in [-0.05, 0) is 43.5 Å². The van der Waals surface area contributed by atoms with E-state index in [1.807, 2.05) is 24.3 Å². The van der Waals surface area contributed by atoms with E-state index in [4.69, 9.17) is 9.84 Å². The number of rotatable bonds is 4. The lowest BCUT2D eigenvalue weighted by Gasteiger charge is -2.07. The molecule has 0 saturated carbocycles. The van der Waals surface area contributed by atoms with Crippen LogP contribution in [0.4, 0.5) is 0 Å². The number of hydrogen-bond donors (Lipinski definition) is 1. The van der Waals surface area contributed by atoms with Crippen molar-refractivity contribution in [3.8, 4) is 11.6 Å². The van der Waals surface area contributed by atoms with E-state index in [0.29, 0.717) is 12.3 Å². The third kappa shape index (κ3) is 2.75. The second kappa shape index (κ2) is 5.79. The van der Waals surface area contributed by atoms with E-state index in [2.05, 4.69) is 23.8 Å². The molecule has 0 bridgehead atoms. The number of aliphatic hydroxyl groups excluding tert-OH is 1. The summed E-state index contributed by atoms with van der Waals surface area (Å²) in [6, 6.07) is 7.70. The highest BCUT2D eigenvalue weighted by atomic mass is 32.1. The maximum absolute atomic E-state index is 8.93. The molecule has 4 nitrogen and oxygen atoms in total. The van der Waals surface area contributed by atoms with Crippen LogP contribution in [-0.2, 0) is 6.42 Å². The summed E-state index contributed by atoms with van der Waals surface area (Å²) in [7, 11) is 0. The smallest absolute Gasteiger partial charge is 0.231 e. The average molecular weight is 300 g/mol. The molecule has 0 saturated heterocycles. The Kier molecular flexibility index (Phi) is 3.86. The first kappa shape index (κ1) is 14.0. The summed E-state index contributed by atoms with van der Waals surface area (Å²) < 4.78 is 5.91. The molecule has 0 spiro atoms. The number of aromatic nitrogens is 2. The molecule has 3 rings (SSSR count). The number of nitrogens with zero attached hydrogens (tertiary/aromatic N) is 2. The molecular formula is C16H16N2O2S. The van der Waals surface area contributed by atoms with Gasteiger partial charge in [0.1, 0.15) is 16.9 Å². The lowest BCUT2D eigenvalue weighted by Crippen LogP contribution is -1.92. The first-order valence-corrected chi connectivity index (χ1v) is 7.59. The zero-order valence-corrected chi connectivity index (χ0v) is 12.8. The lowest BCUT2D eigenvalue weighted by atomic mass is 10.1. The van der Waals surface area contributed by atoms with Crippen LogP contribution in [0.2, 0.25) is 0 Å². The molecule has 3 aromatic rings. The predicted octanol–water partition coefficient (Wildman–Crippen LogP) is 3.64.